The molecule has 0 N–H and O–H groups in total. The van der Waals surface area contributed by atoms with E-state index < -0.39 is 14.0 Å². The van der Waals surface area contributed by atoms with Crippen molar-refractivity contribution in [2.45, 2.75) is 31.4 Å². The lowest BCUT2D eigenvalue weighted by Crippen LogP contribution is -2.23. The van der Waals surface area contributed by atoms with Gasteiger partial charge in [0, 0.05) is 27.0 Å². The highest BCUT2D eigenvalue weighted by molar-refractivity contribution is 7.79. The van der Waals surface area contributed by atoms with E-state index in [4.69, 9.17) is 18.9 Å². The summed E-state index contributed by atoms with van der Waals surface area (Å²) in [4.78, 5) is 12.5. The van der Waals surface area contributed by atoms with E-state index in [-0.39, 0.29) is 6.79 Å². The number of methoxy groups -OCH3 is 2. The zero-order valence-corrected chi connectivity index (χ0v) is 16.4. The molecule has 0 spiro atoms. The minimum absolute atomic E-state index is 0.0361. The number of carbonyl (C=O) groups is 1. The van der Waals surface area contributed by atoms with Crippen molar-refractivity contribution in [3.8, 4) is 11.5 Å². The molecule has 7 heteroatoms. The van der Waals surface area contributed by atoms with Crippen LogP contribution < -0.4 is 9.47 Å². The molecule has 0 saturated heterocycles. The number of ether oxygens (including phenoxy) is 4. The number of rotatable bonds is 9. The number of hydrogen-bond donors (Lipinski definition) is 1. The third kappa shape index (κ3) is 6.45. The van der Waals surface area contributed by atoms with Gasteiger partial charge in [-0.1, -0.05) is 19.6 Å². The largest absolute Gasteiger partial charge is 0.497 e. The molecule has 0 aromatic heterocycles. The standard InChI is InChI=1S/C16H26O5SSi/c1-18-11-21-14-9-13(19-2)8-12(10-22)15(14)16(17)20-6-7-23(3,4)5/h8-9,22H,6-7,10-11H2,1-5H3. The first-order valence-electron chi connectivity index (χ1n) is 7.43. The highest BCUT2D eigenvalue weighted by Gasteiger charge is 2.22. The van der Waals surface area contributed by atoms with Crippen LogP contribution in [0.5, 0.6) is 11.5 Å². The van der Waals surface area contributed by atoms with Gasteiger partial charge in [0.15, 0.2) is 6.79 Å². The molecule has 0 radical (unpaired) electrons. The van der Waals surface area contributed by atoms with Crippen molar-refractivity contribution in [1.29, 1.82) is 0 Å². The summed E-state index contributed by atoms with van der Waals surface area (Å²) in [5.74, 6) is 0.951. The van der Waals surface area contributed by atoms with Crippen LogP contribution in [0.3, 0.4) is 0 Å². The summed E-state index contributed by atoms with van der Waals surface area (Å²) in [6, 6.07) is 4.34. The summed E-state index contributed by atoms with van der Waals surface area (Å²) in [5.41, 5.74) is 1.09. The van der Waals surface area contributed by atoms with Gasteiger partial charge in [0.2, 0.25) is 0 Å². The summed E-state index contributed by atoms with van der Waals surface area (Å²) >= 11 is 4.29. The van der Waals surface area contributed by atoms with Gasteiger partial charge in [-0.15, -0.1) is 0 Å². The third-order valence-electron chi connectivity index (χ3n) is 3.19. The predicted molar refractivity (Wildman–Crippen MR) is 96.6 cm³/mol. The Balaban J connectivity index is 3.02. The van der Waals surface area contributed by atoms with Crippen molar-refractivity contribution >= 4 is 26.7 Å². The van der Waals surface area contributed by atoms with Gasteiger partial charge in [-0.3, -0.25) is 0 Å². The third-order valence-corrected chi connectivity index (χ3v) is 5.23. The smallest absolute Gasteiger partial charge is 0.342 e. The van der Waals surface area contributed by atoms with E-state index in [1.807, 2.05) is 0 Å². The quantitative estimate of drug-likeness (QED) is 0.316. The second kappa shape index (κ2) is 9.20. The fourth-order valence-corrected chi connectivity index (χ4v) is 2.84. The summed E-state index contributed by atoms with van der Waals surface area (Å²) < 4.78 is 21.1. The fourth-order valence-electron chi connectivity index (χ4n) is 1.88. The van der Waals surface area contributed by atoms with Crippen LogP contribution >= 0.6 is 12.6 Å². The summed E-state index contributed by atoms with van der Waals surface area (Å²) in [6.07, 6.45) is 0. The van der Waals surface area contributed by atoms with Crippen molar-refractivity contribution in [3.05, 3.63) is 23.3 Å². The van der Waals surface area contributed by atoms with Crippen molar-refractivity contribution < 1.29 is 23.7 Å². The highest BCUT2D eigenvalue weighted by Crippen LogP contribution is 2.31. The van der Waals surface area contributed by atoms with Gasteiger partial charge >= 0.3 is 5.97 Å². The summed E-state index contributed by atoms with van der Waals surface area (Å²) in [7, 11) is 1.82. The number of hydrogen-bond acceptors (Lipinski definition) is 6. The molecule has 0 aliphatic heterocycles. The van der Waals surface area contributed by atoms with Crippen molar-refractivity contribution in [2.24, 2.45) is 0 Å². The van der Waals surface area contributed by atoms with E-state index in [0.29, 0.717) is 35.0 Å². The van der Waals surface area contributed by atoms with Crippen LogP contribution in [0.2, 0.25) is 25.7 Å². The lowest BCUT2D eigenvalue weighted by Gasteiger charge is -2.18. The maximum atomic E-state index is 12.5. The minimum atomic E-state index is -1.26. The fraction of sp³-hybridized carbons (Fsp3) is 0.562. The molecular formula is C16H26O5SSi. The Morgan fingerprint density at radius 2 is 1.91 bits per heavy atom. The molecule has 0 heterocycles. The first-order chi connectivity index (χ1) is 10.8. The van der Waals surface area contributed by atoms with E-state index in [1.165, 1.54) is 7.11 Å². The average molecular weight is 359 g/mol. The predicted octanol–water partition coefficient (Wildman–Crippen LogP) is 3.60. The van der Waals surface area contributed by atoms with Gasteiger partial charge in [-0.2, -0.15) is 12.6 Å². The summed E-state index contributed by atoms with van der Waals surface area (Å²) in [5, 5.41) is 0. The SMILES string of the molecule is COCOc1cc(OC)cc(CS)c1C(=O)OCC[Si](C)(C)C. The normalized spacial score (nSPS) is 11.2. The average Bonchev–Trinajstić information content (AvgIpc) is 2.50. The number of esters is 1. The van der Waals surface area contributed by atoms with Crippen LogP contribution in [0.25, 0.3) is 0 Å². The van der Waals surface area contributed by atoms with Crippen LogP contribution in [0.15, 0.2) is 12.1 Å². The maximum absolute atomic E-state index is 12.5. The second-order valence-corrected chi connectivity index (χ2v) is 12.3. The van der Waals surface area contributed by atoms with Crippen LogP contribution in [0.4, 0.5) is 0 Å². The molecule has 0 unspecified atom stereocenters. The van der Waals surface area contributed by atoms with Crippen LogP contribution in [0, 0.1) is 0 Å². The van der Waals surface area contributed by atoms with Gasteiger partial charge in [0.25, 0.3) is 0 Å². The van der Waals surface area contributed by atoms with Gasteiger partial charge in [0.1, 0.15) is 17.1 Å². The molecule has 0 aliphatic carbocycles. The molecule has 0 bridgehead atoms. The highest BCUT2D eigenvalue weighted by atomic mass is 32.1. The first-order valence-corrected chi connectivity index (χ1v) is 11.8. The van der Waals surface area contributed by atoms with Gasteiger partial charge < -0.3 is 18.9 Å². The topological polar surface area (TPSA) is 54.0 Å². The molecule has 0 aliphatic rings. The van der Waals surface area contributed by atoms with Gasteiger partial charge in [-0.25, -0.2) is 4.79 Å². The molecule has 130 valence electrons. The van der Waals surface area contributed by atoms with E-state index in [9.17, 15) is 4.79 Å². The summed E-state index contributed by atoms with van der Waals surface area (Å²) in [6.45, 7) is 7.16. The molecule has 1 aromatic carbocycles. The maximum Gasteiger partial charge on any atom is 0.342 e. The molecule has 1 aromatic rings. The van der Waals surface area contributed by atoms with Crippen molar-refractivity contribution in [1.82, 2.24) is 0 Å². The van der Waals surface area contributed by atoms with Crippen LogP contribution in [0.1, 0.15) is 15.9 Å². The first kappa shape index (κ1) is 19.9. The Morgan fingerprint density at radius 1 is 1.22 bits per heavy atom. The second-order valence-electron chi connectivity index (χ2n) is 6.32. The minimum Gasteiger partial charge on any atom is -0.497 e. The van der Waals surface area contributed by atoms with Crippen LogP contribution in [-0.2, 0) is 15.2 Å². The number of benzene rings is 1. The molecule has 23 heavy (non-hydrogen) atoms. The Bertz CT molecular complexity index is 528. The zero-order chi connectivity index (χ0) is 17.5. The molecule has 0 fully saturated rings. The zero-order valence-electron chi connectivity index (χ0n) is 14.5. The molecule has 0 amide bonds. The van der Waals surface area contributed by atoms with E-state index in [2.05, 4.69) is 32.3 Å². The Kier molecular flexibility index (Phi) is 7.94. The number of carbonyl (C=O) groups excluding carboxylic acids is 1. The van der Waals surface area contributed by atoms with Crippen molar-refractivity contribution in [2.75, 3.05) is 27.6 Å². The lowest BCUT2D eigenvalue weighted by atomic mass is 10.1. The molecule has 0 atom stereocenters. The molecule has 1 rings (SSSR count). The number of thiol groups is 1. The van der Waals surface area contributed by atoms with Gasteiger partial charge in [0.05, 0.1) is 13.7 Å². The Labute approximate surface area is 144 Å². The lowest BCUT2D eigenvalue weighted by molar-refractivity contribution is 0.0435. The van der Waals surface area contributed by atoms with Crippen LogP contribution in [-0.4, -0.2) is 41.7 Å². The molecular weight excluding hydrogens is 332 g/mol. The molecule has 0 saturated carbocycles. The Hall–Kier alpha value is -1.18. The monoisotopic (exact) mass is 358 g/mol. The van der Waals surface area contributed by atoms with Crippen molar-refractivity contribution in [3.63, 3.8) is 0 Å². The Morgan fingerprint density at radius 3 is 2.43 bits per heavy atom. The van der Waals surface area contributed by atoms with E-state index >= 15 is 0 Å². The van der Waals surface area contributed by atoms with E-state index in [0.717, 1.165) is 6.04 Å². The van der Waals surface area contributed by atoms with E-state index in [1.54, 1.807) is 19.2 Å². The molecule has 5 nitrogen and oxygen atoms in total. The van der Waals surface area contributed by atoms with Gasteiger partial charge in [-0.05, 0) is 17.7 Å².